The highest BCUT2D eigenvalue weighted by atomic mass is 16.5. The highest BCUT2D eigenvalue weighted by Gasteiger charge is 2.49. The van der Waals surface area contributed by atoms with Crippen LogP contribution in [-0.4, -0.2) is 54.4 Å². The lowest BCUT2D eigenvalue weighted by molar-refractivity contribution is 0.226. The van der Waals surface area contributed by atoms with Crippen molar-refractivity contribution in [2.24, 2.45) is 5.10 Å². The van der Waals surface area contributed by atoms with Crippen LogP contribution >= 0.6 is 0 Å². The Balaban J connectivity index is 1.59. The molecule has 1 saturated heterocycles. The van der Waals surface area contributed by atoms with Crippen LogP contribution in [0.1, 0.15) is 31.2 Å². The Hall–Kier alpha value is -2.67. The number of nitrogens with zero attached hydrogens (tertiary/aromatic N) is 4. The summed E-state index contributed by atoms with van der Waals surface area (Å²) in [6.45, 7) is 1.09. The fourth-order valence-electron chi connectivity index (χ4n) is 4.68. The fourth-order valence-corrected chi connectivity index (χ4v) is 4.68. The molecule has 2 unspecified atom stereocenters. The summed E-state index contributed by atoms with van der Waals surface area (Å²) in [6, 6.07) is 6.80. The molecule has 4 rings (SSSR count). The van der Waals surface area contributed by atoms with E-state index in [4.69, 9.17) is 9.47 Å². The second-order valence-electron chi connectivity index (χ2n) is 7.56. The van der Waals surface area contributed by atoms with Gasteiger partial charge in [-0.05, 0) is 50.6 Å². The van der Waals surface area contributed by atoms with E-state index in [1.807, 2.05) is 6.07 Å². The predicted octanol–water partition coefficient (Wildman–Crippen LogP) is 3.09. The topological polar surface area (TPSA) is 71.9 Å². The Morgan fingerprint density at radius 3 is 2.79 bits per heavy atom. The summed E-state index contributed by atoms with van der Waals surface area (Å²) in [7, 11) is 5.59. The highest BCUT2D eigenvalue weighted by molar-refractivity contribution is 5.87. The number of ether oxygens (including phenoxy) is 2. The van der Waals surface area contributed by atoms with Gasteiger partial charge in [-0.25, -0.2) is 4.98 Å². The van der Waals surface area contributed by atoms with Crippen molar-refractivity contribution in [1.82, 2.24) is 14.9 Å². The molecule has 1 aromatic heterocycles. The number of aromatic nitrogens is 2. The molecule has 7 heteroatoms. The van der Waals surface area contributed by atoms with Gasteiger partial charge in [0.1, 0.15) is 0 Å². The van der Waals surface area contributed by atoms with E-state index in [2.05, 4.69) is 44.6 Å². The second kappa shape index (κ2) is 7.75. The second-order valence-corrected chi connectivity index (χ2v) is 7.56. The van der Waals surface area contributed by atoms with Gasteiger partial charge >= 0.3 is 0 Å². The average molecular weight is 381 g/mol. The summed E-state index contributed by atoms with van der Waals surface area (Å²) >= 11 is 0. The lowest BCUT2D eigenvalue weighted by Gasteiger charge is -2.42. The van der Waals surface area contributed by atoms with Gasteiger partial charge in [0.25, 0.3) is 0 Å². The molecule has 148 valence electrons. The molecule has 0 bridgehead atoms. The van der Waals surface area contributed by atoms with Gasteiger partial charge in [-0.2, -0.15) is 5.10 Å². The lowest BCUT2D eigenvalue weighted by atomic mass is 9.65. The number of rotatable bonds is 5. The Kier molecular flexibility index (Phi) is 5.17. The van der Waals surface area contributed by atoms with E-state index in [-0.39, 0.29) is 5.41 Å². The molecule has 2 aliphatic rings. The third-order valence-electron chi connectivity index (χ3n) is 6.22. The highest BCUT2D eigenvalue weighted by Crippen LogP contribution is 2.49. The molecule has 2 fully saturated rings. The summed E-state index contributed by atoms with van der Waals surface area (Å²) in [5.41, 5.74) is 5.69. The number of hydrogen-bond acceptors (Lipinski definition) is 7. The third kappa shape index (κ3) is 3.30. The summed E-state index contributed by atoms with van der Waals surface area (Å²) in [5.74, 6) is 2.25. The standard InChI is InChI=1S/C21H27N5O2/c1-26-11-8-21(15-4-5-17(27-2)18(12-15)28-3)7-6-16(13-19(21)26)24-25-20-14-22-9-10-23-20/h4-5,9-10,12,14,19H,6-8,11,13H2,1-3H3,(H,23,25)/b24-16+. The van der Waals surface area contributed by atoms with Crippen molar-refractivity contribution >= 4 is 11.5 Å². The molecular weight excluding hydrogens is 354 g/mol. The molecule has 28 heavy (non-hydrogen) atoms. The van der Waals surface area contributed by atoms with Crippen LogP contribution in [0.25, 0.3) is 0 Å². The van der Waals surface area contributed by atoms with Crippen LogP contribution in [0, 0.1) is 0 Å². The first-order valence-electron chi connectivity index (χ1n) is 9.66. The zero-order valence-corrected chi connectivity index (χ0v) is 16.7. The molecule has 1 aliphatic carbocycles. The molecule has 1 saturated carbocycles. The number of anilines is 1. The number of nitrogens with one attached hydrogen (secondary N) is 1. The number of benzene rings is 1. The molecule has 0 spiro atoms. The maximum atomic E-state index is 5.56. The predicted molar refractivity (Wildman–Crippen MR) is 109 cm³/mol. The van der Waals surface area contributed by atoms with Gasteiger partial charge in [-0.1, -0.05) is 6.07 Å². The van der Waals surface area contributed by atoms with E-state index in [1.165, 1.54) is 11.3 Å². The maximum Gasteiger partial charge on any atom is 0.164 e. The molecule has 0 radical (unpaired) electrons. The van der Waals surface area contributed by atoms with Gasteiger partial charge in [0.15, 0.2) is 17.3 Å². The van der Waals surface area contributed by atoms with Gasteiger partial charge in [0.2, 0.25) is 0 Å². The van der Waals surface area contributed by atoms with Crippen LogP contribution < -0.4 is 14.9 Å². The quantitative estimate of drug-likeness (QED) is 0.803. The Labute approximate surface area is 165 Å². The summed E-state index contributed by atoms with van der Waals surface area (Å²) in [5, 5.41) is 4.63. The van der Waals surface area contributed by atoms with Crippen molar-refractivity contribution in [3.8, 4) is 11.5 Å². The SMILES string of the molecule is COc1ccc(C23CC/C(=N\Nc4cnccn4)CC2N(C)CC3)cc1OC. The number of likely N-dealkylation sites (tertiary alicyclic amines) is 1. The zero-order chi connectivity index (χ0) is 19.6. The number of fused-ring (bicyclic) bond motifs is 1. The molecule has 1 aromatic carbocycles. The largest absolute Gasteiger partial charge is 0.493 e. The van der Waals surface area contributed by atoms with Crippen LogP contribution in [0.4, 0.5) is 5.82 Å². The van der Waals surface area contributed by atoms with Crippen molar-refractivity contribution in [2.45, 2.75) is 37.1 Å². The van der Waals surface area contributed by atoms with Crippen molar-refractivity contribution < 1.29 is 9.47 Å². The molecule has 0 amide bonds. The average Bonchev–Trinajstić information content (AvgIpc) is 3.09. The van der Waals surface area contributed by atoms with E-state index in [0.29, 0.717) is 11.9 Å². The Morgan fingerprint density at radius 1 is 1.18 bits per heavy atom. The maximum absolute atomic E-state index is 5.56. The van der Waals surface area contributed by atoms with Crippen LogP contribution in [0.5, 0.6) is 11.5 Å². The smallest absolute Gasteiger partial charge is 0.164 e. The van der Waals surface area contributed by atoms with Crippen LogP contribution in [0.2, 0.25) is 0 Å². The van der Waals surface area contributed by atoms with E-state index >= 15 is 0 Å². The normalized spacial score (nSPS) is 26.1. The monoisotopic (exact) mass is 381 g/mol. The fraction of sp³-hybridized carbons (Fsp3) is 0.476. The molecular formula is C21H27N5O2. The van der Waals surface area contributed by atoms with Crippen molar-refractivity contribution in [3.05, 3.63) is 42.4 Å². The minimum Gasteiger partial charge on any atom is -0.493 e. The number of hydrogen-bond donors (Lipinski definition) is 1. The van der Waals surface area contributed by atoms with E-state index in [0.717, 1.165) is 43.7 Å². The zero-order valence-electron chi connectivity index (χ0n) is 16.7. The van der Waals surface area contributed by atoms with Gasteiger partial charge in [0, 0.05) is 36.0 Å². The van der Waals surface area contributed by atoms with E-state index < -0.39 is 0 Å². The van der Waals surface area contributed by atoms with Crippen molar-refractivity contribution in [2.75, 3.05) is 33.2 Å². The first kappa shape index (κ1) is 18.7. The number of likely N-dealkylation sites (N-methyl/N-ethyl adjacent to an activating group) is 1. The minimum atomic E-state index is 0.125. The van der Waals surface area contributed by atoms with Gasteiger partial charge in [-0.15, -0.1) is 0 Å². The molecule has 1 N–H and O–H groups in total. The summed E-state index contributed by atoms with van der Waals surface area (Å²) < 4.78 is 11.0. The number of methoxy groups -OCH3 is 2. The first-order valence-corrected chi connectivity index (χ1v) is 9.66. The Bertz CT molecular complexity index is 857. The van der Waals surface area contributed by atoms with Gasteiger partial charge in [0.05, 0.1) is 20.4 Å². The van der Waals surface area contributed by atoms with Crippen LogP contribution in [0.3, 0.4) is 0 Å². The summed E-state index contributed by atoms with van der Waals surface area (Å²) in [6.07, 6.45) is 9.12. The van der Waals surface area contributed by atoms with Crippen molar-refractivity contribution in [1.29, 1.82) is 0 Å². The van der Waals surface area contributed by atoms with Gasteiger partial charge < -0.3 is 14.4 Å². The van der Waals surface area contributed by atoms with Crippen molar-refractivity contribution in [3.63, 3.8) is 0 Å². The number of hydrazone groups is 1. The molecule has 2 atom stereocenters. The Morgan fingerprint density at radius 2 is 2.04 bits per heavy atom. The van der Waals surface area contributed by atoms with Gasteiger partial charge in [-0.3, -0.25) is 10.4 Å². The third-order valence-corrected chi connectivity index (χ3v) is 6.22. The molecule has 1 aliphatic heterocycles. The van der Waals surface area contributed by atoms with E-state index in [1.54, 1.807) is 32.8 Å². The van der Waals surface area contributed by atoms with Crippen LogP contribution in [0.15, 0.2) is 41.9 Å². The molecule has 2 heterocycles. The summed E-state index contributed by atoms with van der Waals surface area (Å²) in [4.78, 5) is 10.8. The molecule has 7 nitrogen and oxygen atoms in total. The van der Waals surface area contributed by atoms with Crippen LogP contribution in [-0.2, 0) is 5.41 Å². The minimum absolute atomic E-state index is 0.125. The molecule has 2 aromatic rings. The lowest BCUT2D eigenvalue weighted by Crippen LogP contribution is -2.46. The first-order chi connectivity index (χ1) is 13.7. The van der Waals surface area contributed by atoms with E-state index in [9.17, 15) is 0 Å².